The first-order chi connectivity index (χ1) is 15.4. The number of nitrogens with one attached hydrogen (secondary N) is 2. The smallest absolute Gasteiger partial charge is 0.407 e. The van der Waals surface area contributed by atoms with Crippen LogP contribution in [0, 0.1) is 5.92 Å². The highest BCUT2D eigenvalue weighted by Gasteiger charge is 2.29. The Hall–Kier alpha value is -3.35. The second-order valence-corrected chi connectivity index (χ2v) is 8.37. The lowest BCUT2D eigenvalue weighted by molar-refractivity contribution is -0.137. The fourth-order valence-electron chi connectivity index (χ4n) is 3.98. The van der Waals surface area contributed by atoms with Gasteiger partial charge in [0.25, 0.3) is 0 Å². The molecule has 2 aromatic rings. The van der Waals surface area contributed by atoms with Crippen molar-refractivity contribution in [3.8, 4) is 11.1 Å². The Morgan fingerprint density at radius 2 is 1.59 bits per heavy atom. The van der Waals surface area contributed by atoms with Crippen molar-refractivity contribution in [3.05, 3.63) is 59.7 Å². The summed E-state index contributed by atoms with van der Waals surface area (Å²) in [5.41, 5.74) is 4.61. The van der Waals surface area contributed by atoms with Gasteiger partial charge in [0.15, 0.2) is 0 Å². The summed E-state index contributed by atoms with van der Waals surface area (Å²) in [5, 5.41) is 14.2. The molecule has 0 aliphatic heterocycles. The number of carbonyl (C=O) groups is 3. The maximum absolute atomic E-state index is 12.5. The first-order valence-corrected chi connectivity index (χ1v) is 11.0. The summed E-state index contributed by atoms with van der Waals surface area (Å²) in [5.74, 6) is -1.12. The number of carboxylic acid groups (broad SMARTS) is 1. The molecule has 0 bridgehead atoms. The fourth-order valence-corrected chi connectivity index (χ4v) is 3.98. The molecule has 32 heavy (non-hydrogen) atoms. The lowest BCUT2D eigenvalue weighted by Gasteiger charge is -2.22. The van der Waals surface area contributed by atoms with Crippen molar-refractivity contribution in [2.75, 3.05) is 13.2 Å². The van der Waals surface area contributed by atoms with Crippen LogP contribution in [0.3, 0.4) is 0 Å². The van der Waals surface area contributed by atoms with Gasteiger partial charge in [-0.1, -0.05) is 62.4 Å². The normalized spacial score (nSPS) is 13.2. The van der Waals surface area contributed by atoms with Crippen LogP contribution >= 0.6 is 0 Å². The van der Waals surface area contributed by atoms with Gasteiger partial charge in [-0.05, 0) is 34.6 Å². The summed E-state index contributed by atoms with van der Waals surface area (Å²) in [6.07, 6.45) is -0.0714. The van der Waals surface area contributed by atoms with E-state index in [9.17, 15) is 14.4 Å². The van der Waals surface area contributed by atoms with Crippen molar-refractivity contribution >= 4 is 18.0 Å². The summed E-state index contributed by atoms with van der Waals surface area (Å²) in [6.45, 7) is 4.35. The third-order valence-corrected chi connectivity index (χ3v) is 5.75. The quantitative estimate of drug-likeness (QED) is 0.488. The van der Waals surface area contributed by atoms with Gasteiger partial charge >= 0.3 is 12.1 Å². The SMILES string of the molecule is CC(C)[C@H](CC(=O)NCCCC(=O)O)NC(=O)OCC1c2ccccc2-c2ccccc21. The van der Waals surface area contributed by atoms with Crippen LogP contribution in [-0.2, 0) is 14.3 Å². The Morgan fingerprint density at radius 3 is 2.16 bits per heavy atom. The van der Waals surface area contributed by atoms with Gasteiger partial charge in [0.2, 0.25) is 5.91 Å². The van der Waals surface area contributed by atoms with Crippen LogP contribution in [0.25, 0.3) is 11.1 Å². The number of amides is 2. The highest BCUT2D eigenvalue weighted by atomic mass is 16.5. The van der Waals surface area contributed by atoms with Crippen LogP contribution < -0.4 is 10.6 Å². The Kier molecular flexibility index (Phi) is 7.87. The van der Waals surface area contributed by atoms with E-state index in [0.29, 0.717) is 13.0 Å². The number of hydrogen-bond acceptors (Lipinski definition) is 4. The Labute approximate surface area is 188 Å². The number of benzene rings is 2. The van der Waals surface area contributed by atoms with Crippen LogP contribution in [0.15, 0.2) is 48.5 Å². The average Bonchev–Trinajstić information content (AvgIpc) is 3.08. The predicted octanol–water partition coefficient (Wildman–Crippen LogP) is 3.92. The summed E-state index contributed by atoms with van der Waals surface area (Å²) in [4.78, 5) is 35.3. The lowest BCUT2D eigenvalue weighted by Crippen LogP contribution is -2.43. The standard InChI is InChI=1S/C25H30N2O5/c1-16(2)22(14-23(28)26-13-7-12-24(29)30)27-25(31)32-15-21-19-10-5-3-8-17(19)18-9-4-6-11-20(18)21/h3-6,8-11,16,21-22H,7,12-15H2,1-2H3,(H,26,28)(H,27,31)(H,29,30)/t22-/m0/s1. The highest BCUT2D eigenvalue weighted by molar-refractivity contribution is 5.79. The van der Waals surface area contributed by atoms with Crippen LogP contribution in [0.1, 0.15) is 50.2 Å². The van der Waals surface area contributed by atoms with Crippen LogP contribution in [0.2, 0.25) is 0 Å². The molecule has 0 radical (unpaired) electrons. The number of alkyl carbamates (subject to hydrolysis) is 1. The molecule has 3 rings (SSSR count). The van der Waals surface area contributed by atoms with E-state index in [0.717, 1.165) is 22.3 Å². The number of hydrogen-bond donors (Lipinski definition) is 3. The predicted molar refractivity (Wildman–Crippen MR) is 121 cm³/mol. The highest BCUT2D eigenvalue weighted by Crippen LogP contribution is 2.44. The van der Waals surface area contributed by atoms with Crippen LogP contribution in [0.4, 0.5) is 4.79 Å². The molecule has 170 valence electrons. The zero-order valence-electron chi connectivity index (χ0n) is 18.5. The van der Waals surface area contributed by atoms with Gasteiger partial charge in [-0.3, -0.25) is 9.59 Å². The first-order valence-electron chi connectivity index (χ1n) is 11.0. The van der Waals surface area contributed by atoms with E-state index in [4.69, 9.17) is 9.84 Å². The van der Waals surface area contributed by atoms with E-state index in [2.05, 4.69) is 34.9 Å². The molecule has 0 unspecified atom stereocenters. The summed E-state index contributed by atoms with van der Waals surface area (Å²) in [6, 6.07) is 15.9. The number of ether oxygens (including phenoxy) is 1. The third-order valence-electron chi connectivity index (χ3n) is 5.75. The molecular formula is C25H30N2O5. The first kappa shape index (κ1) is 23.3. The molecule has 1 atom stereocenters. The van der Waals surface area contributed by atoms with E-state index in [1.165, 1.54) is 0 Å². The number of rotatable bonds is 10. The number of aliphatic carboxylic acids is 1. The Morgan fingerprint density at radius 1 is 1.00 bits per heavy atom. The molecule has 7 heteroatoms. The minimum absolute atomic E-state index is 0.00584. The molecule has 2 aromatic carbocycles. The maximum Gasteiger partial charge on any atom is 0.407 e. The topological polar surface area (TPSA) is 105 Å². The van der Waals surface area contributed by atoms with Crippen molar-refractivity contribution in [2.45, 2.75) is 45.1 Å². The monoisotopic (exact) mass is 438 g/mol. The van der Waals surface area contributed by atoms with Crippen molar-refractivity contribution in [1.82, 2.24) is 10.6 Å². The molecule has 2 amide bonds. The number of carbonyl (C=O) groups excluding carboxylic acids is 2. The van der Waals surface area contributed by atoms with E-state index < -0.39 is 12.1 Å². The van der Waals surface area contributed by atoms with Crippen molar-refractivity contribution in [3.63, 3.8) is 0 Å². The molecule has 7 nitrogen and oxygen atoms in total. The third kappa shape index (κ3) is 5.87. The van der Waals surface area contributed by atoms with Crippen LogP contribution in [-0.4, -0.2) is 42.3 Å². The second-order valence-electron chi connectivity index (χ2n) is 8.37. The van der Waals surface area contributed by atoms with Gasteiger partial charge in [-0.2, -0.15) is 0 Å². The molecule has 0 fully saturated rings. The fraction of sp³-hybridized carbons (Fsp3) is 0.400. The van der Waals surface area contributed by atoms with Gasteiger partial charge in [-0.15, -0.1) is 0 Å². The molecule has 3 N–H and O–H groups in total. The Bertz CT molecular complexity index is 927. The van der Waals surface area contributed by atoms with Crippen molar-refractivity contribution in [1.29, 1.82) is 0 Å². The summed E-state index contributed by atoms with van der Waals surface area (Å²) in [7, 11) is 0. The molecule has 1 aliphatic rings. The lowest BCUT2D eigenvalue weighted by atomic mass is 9.98. The van der Waals surface area contributed by atoms with Gasteiger partial charge in [0.1, 0.15) is 6.61 Å². The van der Waals surface area contributed by atoms with Crippen molar-refractivity contribution < 1.29 is 24.2 Å². The second kappa shape index (κ2) is 10.8. The van der Waals surface area contributed by atoms with Gasteiger partial charge in [0.05, 0.1) is 0 Å². The minimum Gasteiger partial charge on any atom is -0.481 e. The molecule has 0 spiro atoms. The summed E-state index contributed by atoms with van der Waals surface area (Å²) >= 11 is 0. The van der Waals surface area contributed by atoms with Crippen molar-refractivity contribution in [2.24, 2.45) is 5.92 Å². The molecule has 0 heterocycles. The van der Waals surface area contributed by atoms with E-state index in [-0.39, 0.29) is 43.2 Å². The maximum atomic E-state index is 12.5. The largest absolute Gasteiger partial charge is 0.481 e. The van der Waals surface area contributed by atoms with Gasteiger partial charge in [0, 0.05) is 31.3 Å². The average molecular weight is 439 g/mol. The molecule has 0 saturated carbocycles. The Balaban J connectivity index is 1.54. The van der Waals surface area contributed by atoms with Crippen LogP contribution in [0.5, 0.6) is 0 Å². The molecule has 0 saturated heterocycles. The number of fused-ring (bicyclic) bond motifs is 3. The molecule has 1 aliphatic carbocycles. The van der Waals surface area contributed by atoms with Gasteiger partial charge < -0.3 is 20.5 Å². The molecular weight excluding hydrogens is 408 g/mol. The summed E-state index contributed by atoms with van der Waals surface area (Å²) < 4.78 is 5.58. The van der Waals surface area contributed by atoms with E-state index in [1.807, 2.05) is 38.1 Å². The van der Waals surface area contributed by atoms with Gasteiger partial charge in [-0.25, -0.2) is 4.79 Å². The number of carboxylic acids is 1. The van der Waals surface area contributed by atoms with E-state index >= 15 is 0 Å². The molecule has 0 aromatic heterocycles. The minimum atomic E-state index is -0.892. The van der Waals surface area contributed by atoms with E-state index in [1.54, 1.807) is 0 Å². The zero-order valence-corrected chi connectivity index (χ0v) is 18.5. The zero-order chi connectivity index (χ0) is 23.1.